The SMILES string of the molecule is CC(NCC1CCN(C)CC1)C(=O)NC(C)(C)C. The summed E-state index contributed by atoms with van der Waals surface area (Å²) in [6, 6.07) is -0.108. The number of hydrogen-bond acceptors (Lipinski definition) is 3. The first-order valence-electron chi connectivity index (χ1n) is 7.02. The van der Waals surface area contributed by atoms with E-state index in [0.717, 1.165) is 6.54 Å². The van der Waals surface area contributed by atoms with E-state index in [1.807, 2.05) is 27.7 Å². The molecule has 0 aromatic carbocycles. The highest BCUT2D eigenvalue weighted by Gasteiger charge is 2.21. The average Bonchev–Trinajstić information content (AvgIpc) is 2.25. The molecule has 0 saturated carbocycles. The summed E-state index contributed by atoms with van der Waals surface area (Å²) in [5.41, 5.74) is -0.152. The fraction of sp³-hybridized carbons (Fsp3) is 0.929. The smallest absolute Gasteiger partial charge is 0.237 e. The predicted molar refractivity (Wildman–Crippen MR) is 75.6 cm³/mol. The minimum absolute atomic E-state index is 0.0930. The molecule has 1 atom stereocenters. The Labute approximate surface area is 111 Å². The molecule has 1 heterocycles. The van der Waals surface area contributed by atoms with E-state index in [4.69, 9.17) is 0 Å². The zero-order valence-corrected chi connectivity index (χ0v) is 12.5. The first-order chi connectivity index (χ1) is 8.28. The molecule has 106 valence electrons. The van der Waals surface area contributed by atoms with Gasteiger partial charge in [-0.15, -0.1) is 0 Å². The van der Waals surface area contributed by atoms with Gasteiger partial charge in [-0.25, -0.2) is 0 Å². The predicted octanol–water partition coefficient (Wildman–Crippen LogP) is 1.22. The molecule has 0 radical (unpaired) electrons. The summed E-state index contributed by atoms with van der Waals surface area (Å²) in [6.45, 7) is 11.3. The van der Waals surface area contributed by atoms with Crippen LogP contribution in [0.2, 0.25) is 0 Å². The molecule has 1 aliphatic rings. The Kier molecular flexibility index (Phi) is 5.60. The molecular weight excluding hydrogens is 226 g/mol. The molecule has 18 heavy (non-hydrogen) atoms. The van der Waals surface area contributed by atoms with Crippen LogP contribution >= 0.6 is 0 Å². The number of amides is 1. The van der Waals surface area contributed by atoms with Crippen LogP contribution in [0.15, 0.2) is 0 Å². The van der Waals surface area contributed by atoms with Crippen LogP contribution in [0.25, 0.3) is 0 Å². The fourth-order valence-corrected chi connectivity index (χ4v) is 2.18. The van der Waals surface area contributed by atoms with E-state index in [1.165, 1.54) is 25.9 Å². The summed E-state index contributed by atoms with van der Waals surface area (Å²) < 4.78 is 0. The van der Waals surface area contributed by atoms with Crippen LogP contribution in [0.4, 0.5) is 0 Å². The zero-order chi connectivity index (χ0) is 13.8. The van der Waals surface area contributed by atoms with E-state index in [-0.39, 0.29) is 17.5 Å². The molecule has 0 aromatic heterocycles. The molecule has 1 unspecified atom stereocenters. The van der Waals surface area contributed by atoms with Gasteiger partial charge < -0.3 is 15.5 Å². The second kappa shape index (κ2) is 6.53. The number of carbonyl (C=O) groups is 1. The van der Waals surface area contributed by atoms with Gasteiger partial charge in [-0.3, -0.25) is 4.79 Å². The maximum atomic E-state index is 11.9. The molecule has 0 aliphatic carbocycles. The van der Waals surface area contributed by atoms with Crippen molar-refractivity contribution in [1.82, 2.24) is 15.5 Å². The molecule has 2 N–H and O–H groups in total. The Bertz CT molecular complexity index is 265. The van der Waals surface area contributed by atoms with Crippen LogP contribution < -0.4 is 10.6 Å². The van der Waals surface area contributed by atoms with Crippen molar-refractivity contribution < 1.29 is 4.79 Å². The number of likely N-dealkylation sites (tertiary alicyclic amines) is 1. The van der Waals surface area contributed by atoms with E-state index in [0.29, 0.717) is 5.92 Å². The van der Waals surface area contributed by atoms with Crippen molar-refractivity contribution in [3.05, 3.63) is 0 Å². The molecule has 1 saturated heterocycles. The molecule has 1 aliphatic heterocycles. The fourth-order valence-electron chi connectivity index (χ4n) is 2.18. The Morgan fingerprint density at radius 3 is 2.39 bits per heavy atom. The summed E-state index contributed by atoms with van der Waals surface area (Å²) >= 11 is 0. The first kappa shape index (κ1) is 15.4. The van der Waals surface area contributed by atoms with Crippen molar-refractivity contribution in [3.8, 4) is 0 Å². The van der Waals surface area contributed by atoms with E-state index >= 15 is 0 Å². The molecule has 0 aromatic rings. The molecular formula is C14H29N3O. The van der Waals surface area contributed by atoms with Gasteiger partial charge >= 0.3 is 0 Å². The van der Waals surface area contributed by atoms with Crippen molar-refractivity contribution in [2.45, 2.75) is 52.1 Å². The van der Waals surface area contributed by atoms with Gasteiger partial charge in [-0.1, -0.05) is 0 Å². The number of nitrogens with zero attached hydrogens (tertiary/aromatic N) is 1. The highest BCUT2D eigenvalue weighted by molar-refractivity contribution is 5.81. The second-order valence-corrected chi connectivity index (χ2v) is 6.62. The van der Waals surface area contributed by atoms with Crippen molar-refractivity contribution in [1.29, 1.82) is 0 Å². The Hall–Kier alpha value is -0.610. The van der Waals surface area contributed by atoms with Crippen molar-refractivity contribution >= 4 is 5.91 Å². The lowest BCUT2D eigenvalue weighted by atomic mass is 9.97. The third kappa shape index (κ3) is 5.83. The maximum Gasteiger partial charge on any atom is 0.237 e. The summed E-state index contributed by atoms with van der Waals surface area (Å²) in [5.74, 6) is 0.807. The Morgan fingerprint density at radius 1 is 1.33 bits per heavy atom. The summed E-state index contributed by atoms with van der Waals surface area (Å²) in [7, 11) is 2.17. The Balaban J connectivity index is 2.24. The van der Waals surface area contributed by atoms with E-state index in [2.05, 4.69) is 22.6 Å². The van der Waals surface area contributed by atoms with Gasteiger partial charge in [0.2, 0.25) is 5.91 Å². The van der Waals surface area contributed by atoms with Crippen molar-refractivity contribution in [2.24, 2.45) is 5.92 Å². The van der Waals surface area contributed by atoms with Gasteiger partial charge in [-0.2, -0.15) is 0 Å². The lowest BCUT2D eigenvalue weighted by Gasteiger charge is -2.30. The monoisotopic (exact) mass is 255 g/mol. The molecule has 0 bridgehead atoms. The highest BCUT2D eigenvalue weighted by atomic mass is 16.2. The molecule has 1 fully saturated rings. The van der Waals surface area contributed by atoms with Crippen molar-refractivity contribution in [3.63, 3.8) is 0 Å². The average molecular weight is 255 g/mol. The Morgan fingerprint density at radius 2 is 1.89 bits per heavy atom. The third-order valence-corrected chi connectivity index (χ3v) is 3.44. The van der Waals surface area contributed by atoms with Gasteiger partial charge in [0, 0.05) is 5.54 Å². The van der Waals surface area contributed by atoms with E-state index in [1.54, 1.807) is 0 Å². The van der Waals surface area contributed by atoms with E-state index in [9.17, 15) is 4.79 Å². The topological polar surface area (TPSA) is 44.4 Å². The lowest BCUT2D eigenvalue weighted by molar-refractivity contribution is -0.124. The molecule has 4 nitrogen and oxygen atoms in total. The summed E-state index contributed by atoms with van der Waals surface area (Å²) in [4.78, 5) is 14.3. The van der Waals surface area contributed by atoms with E-state index < -0.39 is 0 Å². The van der Waals surface area contributed by atoms with Gasteiger partial charge in [-0.05, 0) is 73.1 Å². The highest BCUT2D eigenvalue weighted by Crippen LogP contribution is 2.14. The summed E-state index contributed by atoms with van der Waals surface area (Å²) in [6.07, 6.45) is 2.47. The molecule has 0 spiro atoms. The van der Waals surface area contributed by atoms with Crippen LogP contribution in [-0.4, -0.2) is 49.1 Å². The second-order valence-electron chi connectivity index (χ2n) is 6.62. The lowest BCUT2D eigenvalue weighted by Crippen LogP contribution is -2.50. The number of hydrogen-bond donors (Lipinski definition) is 2. The number of rotatable bonds is 4. The van der Waals surface area contributed by atoms with Crippen LogP contribution in [0, 0.1) is 5.92 Å². The number of carbonyl (C=O) groups excluding carboxylic acids is 1. The number of piperidine rings is 1. The van der Waals surface area contributed by atoms with Crippen LogP contribution in [-0.2, 0) is 4.79 Å². The van der Waals surface area contributed by atoms with Gasteiger partial charge in [0.05, 0.1) is 6.04 Å². The quantitative estimate of drug-likeness (QED) is 0.794. The minimum atomic E-state index is -0.152. The largest absolute Gasteiger partial charge is 0.350 e. The molecule has 1 amide bonds. The van der Waals surface area contributed by atoms with Crippen LogP contribution in [0.1, 0.15) is 40.5 Å². The molecule has 4 heteroatoms. The van der Waals surface area contributed by atoms with Crippen LogP contribution in [0.3, 0.4) is 0 Å². The van der Waals surface area contributed by atoms with Gasteiger partial charge in [0.1, 0.15) is 0 Å². The summed E-state index contributed by atoms with van der Waals surface area (Å²) in [5, 5.41) is 6.36. The number of nitrogens with one attached hydrogen (secondary N) is 2. The zero-order valence-electron chi connectivity index (χ0n) is 12.5. The minimum Gasteiger partial charge on any atom is -0.350 e. The van der Waals surface area contributed by atoms with Gasteiger partial charge in [0.25, 0.3) is 0 Å². The third-order valence-electron chi connectivity index (χ3n) is 3.44. The first-order valence-corrected chi connectivity index (χ1v) is 7.02. The maximum absolute atomic E-state index is 11.9. The normalized spacial score (nSPS) is 20.7. The standard InChI is InChI=1S/C14H29N3O/c1-11(13(18)16-14(2,3)4)15-10-12-6-8-17(5)9-7-12/h11-12,15H,6-10H2,1-5H3,(H,16,18). The van der Waals surface area contributed by atoms with Crippen molar-refractivity contribution in [2.75, 3.05) is 26.7 Å². The van der Waals surface area contributed by atoms with Crippen LogP contribution in [0.5, 0.6) is 0 Å². The van der Waals surface area contributed by atoms with Gasteiger partial charge in [0.15, 0.2) is 0 Å². The molecule has 1 rings (SSSR count).